The average molecular weight is 272 g/mol. The number of carbonyl (C=O) groups excluding carboxylic acids is 1. The van der Waals surface area contributed by atoms with Crippen molar-refractivity contribution in [3.05, 3.63) is 34.3 Å². The maximum atomic E-state index is 11.2. The first-order chi connectivity index (χ1) is 7.00. The van der Waals surface area contributed by atoms with Crippen molar-refractivity contribution >= 4 is 21.8 Å². The van der Waals surface area contributed by atoms with Crippen molar-refractivity contribution in [1.29, 1.82) is 0 Å². The summed E-state index contributed by atoms with van der Waals surface area (Å²) in [5, 5.41) is 11.8. The van der Waals surface area contributed by atoms with Crippen molar-refractivity contribution in [1.82, 2.24) is 5.32 Å². The van der Waals surface area contributed by atoms with Crippen LogP contribution in [0.1, 0.15) is 25.5 Å². The molecule has 0 spiro atoms. The molecule has 0 radical (unpaired) electrons. The van der Waals surface area contributed by atoms with Crippen LogP contribution in [-0.4, -0.2) is 17.1 Å². The summed E-state index contributed by atoms with van der Waals surface area (Å²) in [4.78, 5) is 11.2. The number of carbonyl (C=O) groups is 1. The van der Waals surface area contributed by atoms with Crippen LogP contribution in [0.2, 0.25) is 0 Å². The Kier molecular flexibility index (Phi) is 4.29. The fourth-order valence-corrected chi connectivity index (χ4v) is 1.61. The van der Waals surface area contributed by atoms with E-state index in [1.165, 1.54) is 6.92 Å². The molecule has 1 aromatic rings. The van der Waals surface area contributed by atoms with Crippen LogP contribution in [0.25, 0.3) is 0 Å². The van der Waals surface area contributed by atoms with Crippen LogP contribution in [0.5, 0.6) is 0 Å². The van der Waals surface area contributed by atoms with Crippen LogP contribution < -0.4 is 5.32 Å². The van der Waals surface area contributed by atoms with Gasteiger partial charge in [-0.15, -0.1) is 0 Å². The summed E-state index contributed by atoms with van der Waals surface area (Å²) in [7, 11) is 0. The number of benzene rings is 1. The van der Waals surface area contributed by atoms with E-state index in [1.54, 1.807) is 0 Å². The Hall–Kier alpha value is -0.870. The summed E-state index contributed by atoms with van der Waals surface area (Å²) in [6.07, 6.45) is -0.973. The third-order valence-electron chi connectivity index (χ3n) is 2.09. The maximum Gasteiger partial charge on any atom is 0.249 e. The lowest BCUT2D eigenvalue weighted by atomic mass is 10.1. The number of hydrogen-bond donors (Lipinski definition) is 2. The molecule has 0 aliphatic rings. The van der Waals surface area contributed by atoms with Gasteiger partial charge in [0.05, 0.1) is 6.04 Å². The number of aliphatic hydroxyl groups is 1. The third-order valence-corrected chi connectivity index (χ3v) is 2.58. The second kappa shape index (κ2) is 5.28. The molecule has 4 heteroatoms. The molecule has 0 fully saturated rings. The molecule has 0 aliphatic carbocycles. The molecular formula is C11H14BrNO2. The molecule has 1 amide bonds. The maximum absolute atomic E-state index is 11.2. The molecular weight excluding hydrogens is 258 g/mol. The zero-order valence-corrected chi connectivity index (χ0v) is 10.3. The summed E-state index contributed by atoms with van der Waals surface area (Å²) in [6, 6.07) is 7.59. The fourth-order valence-electron chi connectivity index (χ4n) is 1.19. The minimum Gasteiger partial charge on any atom is -0.384 e. The largest absolute Gasteiger partial charge is 0.384 e. The van der Waals surface area contributed by atoms with E-state index in [-0.39, 0.29) is 11.9 Å². The first-order valence-corrected chi connectivity index (χ1v) is 5.54. The van der Waals surface area contributed by atoms with E-state index in [1.807, 2.05) is 31.2 Å². The third kappa shape index (κ3) is 3.64. The Balaban J connectivity index is 2.69. The van der Waals surface area contributed by atoms with Gasteiger partial charge in [-0.3, -0.25) is 4.79 Å². The standard InChI is InChI=1S/C11H14BrNO2/c1-7(13-11(15)8(2)14)9-4-3-5-10(12)6-9/h3-8,14H,1-2H3,(H,13,15). The van der Waals surface area contributed by atoms with Crippen molar-refractivity contribution < 1.29 is 9.90 Å². The highest BCUT2D eigenvalue weighted by Crippen LogP contribution is 2.17. The quantitative estimate of drug-likeness (QED) is 0.884. The normalized spacial score (nSPS) is 14.4. The summed E-state index contributed by atoms with van der Waals surface area (Å²) in [5.41, 5.74) is 0.998. The topological polar surface area (TPSA) is 49.3 Å². The molecule has 0 aromatic heterocycles. The second-order valence-corrected chi connectivity index (χ2v) is 4.38. The minimum atomic E-state index is -0.973. The molecule has 0 heterocycles. The van der Waals surface area contributed by atoms with E-state index in [4.69, 9.17) is 5.11 Å². The van der Waals surface area contributed by atoms with Crippen LogP contribution in [0, 0.1) is 0 Å². The number of amides is 1. The van der Waals surface area contributed by atoms with Crippen LogP contribution in [0.15, 0.2) is 28.7 Å². The molecule has 2 N–H and O–H groups in total. The van der Waals surface area contributed by atoms with E-state index in [2.05, 4.69) is 21.2 Å². The Bertz CT molecular complexity index is 352. The van der Waals surface area contributed by atoms with Gasteiger partial charge in [0.15, 0.2) is 0 Å². The number of hydrogen-bond acceptors (Lipinski definition) is 2. The molecule has 0 bridgehead atoms. The van der Waals surface area contributed by atoms with E-state index in [0.29, 0.717) is 0 Å². The first-order valence-electron chi connectivity index (χ1n) is 4.74. The van der Waals surface area contributed by atoms with Gasteiger partial charge in [0.2, 0.25) is 5.91 Å². The highest BCUT2D eigenvalue weighted by molar-refractivity contribution is 9.10. The van der Waals surface area contributed by atoms with Gasteiger partial charge in [0.25, 0.3) is 0 Å². The van der Waals surface area contributed by atoms with E-state index in [9.17, 15) is 4.79 Å². The number of aliphatic hydroxyl groups excluding tert-OH is 1. The zero-order valence-electron chi connectivity index (χ0n) is 8.70. The molecule has 0 aliphatic heterocycles. The summed E-state index contributed by atoms with van der Waals surface area (Å²) < 4.78 is 0.971. The SMILES string of the molecule is CC(O)C(=O)NC(C)c1cccc(Br)c1. The highest BCUT2D eigenvalue weighted by atomic mass is 79.9. The molecule has 0 saturated heterocycles. The fraction of sp³-hybridized carbons (Fsp3) is 0.364. The zero-order chi connectivity index (χ0) is 11.4. The van der Waals surface area contributed by atoms with Gasteiger partial charge in [0.1, 0.15) is 6.10 Å². The Morgan fingerprint density at radius 2 is 2.13 bits per heavy atom. The van der Waals surface area contributed by atoms with Gasteiger partial charge in [-0.1, -0.05) is 28.1 Å². The highest BCUT2D eigenvalue weighted by Gasteiger charge is 2.13. The molecule has 1 aromatic carbocycles. The Labute approximate surface area is 97.6 Å². The smallest absolute Gasteiger partial charge is 0.249 e. The predicted molar refractivity (Wildman–Crippen MR) is 62.4 cm³/mol. The number of nitrogens with one attached hydrogen (secondary N) is 1. The molecule has 2 unspecified atom stereocenters. The molecule has 0 saturated carbocycles. The summed E-state index contributed by atoms with van der Waals surface area (Å²) in [6.45, 7) is 3.32. The van der Waals surface area contributed by atoms with Gasteiger partial charge in [-0.2, -0.15) is 0 Å². The van der Waals surface area contributed by atoms with Crippen LogP contribution in [0.3, 0.4) is 0 Å². The molecule has 1 rings (SSSR count). The van der Waals surface area contributed by atoms with Crippen LogP contribution >= 0.6 is 15.9 Å². The molecule has 82 valence electrons. The van der Waals surface area contributed by atoms with Gasteiger partial charge in [-0.25, -0.2) is 0 Å². The molecule has 3 nitrogen and oxygen atoms in total. The lowest BCUT2D eigenvalue weighted by Gasteiger charge is -2.15. The van der Waals surface area contributed by atoms with Crippen molar-refractivity contribution in [2.45, 2.75) is 26.0 Å². The number of rotatable bonds is 3. The van der Waals surface area contributed by atoms with E-state index < -0.39 is 6.10 Å². The number of halogens is 1. The monoisotopic (exact) mass is 271 g/mol. The van der Waals surface area contributed by atoms with Gasteiger partial charge < -0.3 is 10.4 Å². The lowest BCUT2D eigenvalue weighted by molar-refractivity contribution is -0.129. The van der Waals surface area contributed by atoms with Gasteiger partial charge in [-0.05, 0) is 31.5 Å². The molecule has 15 heavy (non-hydrogen) atoms. The van der Waals surface area contributed by atoms with Crippen LogP contribution in [-0.2, 0) is 4.79 Å². The van der Waals surface area contributed by atoms with E-state index >= 15 is 0 Å². The van der Waals surface area contributed by atoms with Gasteiger partial charge in [0, 0.05) is 4.47 Å². The molecule has 2 atom stereocenters. The van der Waals surface area contributed by atoms with Crippen molar-refractivity contribution in [2.75, 3.05) is 0 Å². The van der Waals surface area contributed by atoms with Crippen molar-refractivity contribution in [3.8, 4) is 0 Å². The Morgan fingerprint density at radius 3 is 2.67 bits per heavy atom. The van der Waals surface area contributed by atoms with Crippen LogP contribution in [0.4, 0.5) is 0 Å². The minimum absolute atomic E-state index is 0.107. The van der Waals surface area contributed by atoms with Gasteiger partial charge >= 0.3 is 0 Å². The summed E-state index contributed by atoms with van der Waals surface area (Å²) in [5.74, 6) is -0.359. The first kappa shape index (κ1) is 12.2. The average Bonchev–Trinajstić information content (AvgIpc) is 2.17. The lowest BCUT2D eigenvalue weighted by Crippen LogP contribution is -2.34. The van der Waals surface area contributed by atoms with E-state index in [0.717, 1.165) is 10.0 Å². The van der Waals surface area contributed by atoms with Crippen molar-refractivity contribution in [2.24, 2.45) is 0 Å². The second-order valence-electron chi connectivity index (χ2n) is 3.46. The predicted octanol–water partition coefficient (Wildman–Crippen LogP) is 2.01. The Morgan fingerprint density at radius 1 is 1.47 bits per heavy atom. The summed E-state index contributed by atoms with van der Waals surface area (Å²) >= 11 is 3.36. The van der Waals surface area contributed by atoms with Crippen molar-refractivity contribution in [3.63, 3.8) is 0 Å².